The molecular weight excluding hydrogens is 282 g/mol. The number of Topliss-reactive ketones (excluding diaryl/α,β-unsaturated/α-hetero) is 1. The van der Waals surface area contributed by atoms with E-state index >= 15 is 0 Å². The molecule has 2 aromatic rings. The molecule has 3 nitrogen and oxygen atoms in total. The number of fused-ring (bicyclic) bond motifs is 1. The van der Waals surface area contributed by atoms with Gasteiger partial charge >= 0.3 is 0 Å². The third kappa shape index (κ3) is 2.87. The van der Waals surface area contributed by atoms with Gasteiger partial charge in [-0.3, -0.25) is 4.79 Å². The van der Waals surface area contributed by atoms with Gasteiger partial charge in [-0.25, -0.2) is 4.98 Å². The van der Waals surface area contributed by atoms with Crippen molar-refractivity contribution >= 4 is 27.3 Å². The number of thiazole rings is 1. The van der Waals surface area contributed by atoms with Crippen LogP contribution in [0.1, 0.15) is 37.6 Å². The number of ketones is 1. The van der Waals surface area contributed by atoms with E-state index in [0.29, 0.717) is 12.3 Å². The zero-order chi connectivity index (χ0) is 14.9. The van der Waals surface area contributed by atoms with E-state index in [9.17, 15) is 4.79 Å². The number of rotatable bonds is 4. The summed E-state index contributed by atoms with van der Waals surface area (Å²) in [6.07, 6.45) is 4.21. The highest BCUT2D eigenvalue weighted by Gasteiger charge is 2.40. The molecule has 1 aromatic heterocycles. The summed E-state index contributed by atoms with van der Waals surface area (Å²) in [4.78, 5) is 17.3. The van der Waals surface area contributed by atoms with E-state index in [4.69, 9.17) is 4.74 Å². The van der Waals surface area contributed by atoms with Crippen LogP contribution in [0.4, 0.5) is 0 Å². The van der Waals surface area contributed by atoms with Crippen molar-refractivity contribution in [2.45, 2.75) is 44.6 Å². The number of para-hydroxylation sites is 1. The fourth-order valence-corrected chi connectivity index (χ4v) is 4.09. The summed E-state index contributed by atoms with van der Waals surface area (Å²) in [5, 5.41) is 0.899. The van der Waals surface area contributed by atoms with Gasteiger partial charge < -0.3 is 4.74 Å². The van der Waals surface area contributed by atoms with E-state index in [1.165, 1.54) is 0 Å². The van der Waals surface area contributed by atoms with Crippen molar-refractivity contribution in [1.29, 1.82) is 0 Å². The Kier molecular flexibility index (Phi) is 4.09. The zero-order valence-corrected chi connectivity index (χ0v) is 13.4. The minimum atomic E-state index is -0.579. The fraction of sp³-hybridized carbons (Fsp3) is 0.529. The Morgan fingerprint density at radius 1 is 1.38 bits per heavy atom. The third-order valence-corrected chi connectivity index (χ3v) is 5.67. The molecule has 112 valence electrons. The normalized spacial score (nSPS) is 26.1. The highest BCUT2D eigenvalue weighted by atomic mass is 32.1. The van der Waals surface area contributed by atoms with Gasteiger partial charge in [0, 0.05) is 7.11 Å². The van der Waals surface area contributed by atoms with Crippen LogP contribution in [0.25, 0.3) is 10.2 Å². The maximum absolute atomic E-state index is 12.7. The number of benzene rings is 1. The molecule has 3 rings (SSSR count). The second-order valence-corrected chi connectivity index (χ2v) is 7.17. The molecule has 1 aliphatic rings. The first-order chi connectivity index (χ1) is 10.1. The molecular formula is C17H21NO2S. The van der Waals surface area contributed by atoms with E-state index in [0.717, 1.165) is 40.9 Å². The van der Waals surface area contributed by atoms with Gasteiger partial charge in [0.1, 0.15) is 10.6 Å². The monoisotopic (exact) mass is 303 g/mol. The lowest BCUT2D eigenvalue weighted by atomic mass is 9.76. The smallest absolute Gasteiger partial charge is 0.171 e. The van der Waals surface area contributed by atoms with Gasteiger partial charge in [-0.05, 0) is 43.7 Å². The number of carbonyl (C=O) groups excluding carboxylic acids is 1. The summed E-state index contributed by atoms with van der Waals surface area (Å²) in [5.74, 6) is 0.888. The Balaban J connectivity index is 1.78. The van der Waals surface area contributed by atoms with Crippen molar-refractivity contribution in [1.82, 2.24) is 4.98 Å². The van der Waals surface area contributed by atoms with Crippen LogP contribution in [0, 0.1) is 5.92 Å². The lowest BCUT2D eigenvalue weighted by molar-refractivity contribution is -0.145. The molecule has 0 atom stereocenters. The van der Waals surface area contributed by atoms with Crippen LogP contribution in [0.5, 0.6) is 0 Å². The number of methoxy groups -OCH3 is 1. The summed E-state index contributed by atoms with van der Waals surface area (Å²) in [6.45, 7) is 2.25. The Bertz CT molecular complexity index is 608. The molecule has 21 heavy (non-hydrogen) atoms. The molecule has 0 N–H and O–H groups in total. The van der Waals surface area contributed by atoms with Crippen molar-refractivity contribution < 1.29 is 9.53 Å². The lowest BCUT2D eigenvalue weighted by Gasteiger charge is -2.36. The van der Waals surface area contributed by atoms with Gasteiger partial charge in [0.05, 0.1) is 16.6 Å². The number of hydrogen-bond donors (Lipinski definition) is 0. The molecule has 0 aliphatic heterocycles. The standard InChI is InChI=1S/C17H21NO2S/c1-12-7-9-17(20-2,10-8-12)15(19)11-16-18-13-5-3-4-6-14(13)21-16/h3-6,12H,7-11H2,1-2H3. The highest BCUT2D eigenvalue weighted by molar-refractivity contribution is 7.18. The lowest BCUT2D eigenvalue weighted by Crippen LogP contribution is -2.44. The first kappa shape index (κ1) is 14.7. The van der Waals surface area contributed by atoms with E-state index < -0.39 is 5.60 Å². The summed E-state index contributed by atoms with van der Waals surface area (Å²) < 4.78 is 6.81. The van der Waals surface area contributed by atoms with Crippen molar-refractivity contribution in [2.24, 2.45) is 5.92 Å². The van der Waals surface area contributed by atoms with Crippen LogP contribution in [0.15, 0.2) is 24.3 Å². The molecule has 1 saturated carbocycles. The Morgan fingerprint density at radius 3 is 2.76 bits per heavy atom. The van der Waals surface area contributed by atoms with Crippen LogP contribution in [0.3, 0.4) is 0 Å². The summed E-state index contributed by atoms with van der Waals surface area (Å²) >= 11 is 1.61. The number of ether oxygens (including phenoxy) is 1. The Hall–Kier alpha value is -1.26. The first-order valence-corrected chi connectivity index (χ1v) is 8.37. The van der Waals surface area contributed by atoms with Crippen LogP contribution in [0.2, 0.25) is 0 Å². The molecule has 4 heteroatoms. The number of carbonyl (C=O) groups is 1. The topological polar surface area (TPSA) is 39.2 Å². The van der Waals surface area contributed by atoms with Crippen molar-refractivity contribution in [3.8, 4) is 0 Å². The highest BCUT2D eigenvalue weighted by Crippen LogP contribution is 2.36. The molecule has 1 fully saturated rings. The second-order valence-electron chi connectivity index (χ2n) is 6.06. The van der Waals surface area contributed by atoms with E-state index in [1.54, 1.807) is 18.4 Å². The first-order valence-electron chi connectivity index (χ1n) is 7.56. The summed E-state index contributed by atoms with van der Waals surface area (Å²) in [7, 11) is 1.67. The minimum Gasteiger partial charge on any atom is -0.370 e. The molecule has 0 spiro atoms. The number of hydrogen-bond acceptors (Lipinski definition) is 4. The van der Waals surface area contributed by atoms with Crippen LogP contribution in [-0.2, 0) is 16.0 Å². The van der Waals surface area contributed by atoms with Crippen molar-refractivity contribution in [3.05, 3.63) is 29.3 Å². The predicted molar refractivity (Wildman–Crippen MR) is 85.7 cm³/mol. The van der Waals surface area contributed by atoms with Gasteiger partial charge in [-0.2, -0.15) is 0 Å². The van der Waals surface area contributed by atoms with E-state index in [2.05, 4.69) is 18.0 Å². The zero-order valence-electron chi connectivity index (χ0n) is 12.6. The average Bonchev–Trinajstić information content (AvgIpc) is 2.90. The van der Waals surface area contributed by atoms with Gasteiger partial charge in [0.2, 0.25) is 0 Å². The predicted octanol–water partition coefficient (Wildman–Crippen LogP) is 4.00. The van der Waals surface area contributed by atoms with Crippen LogP contribution < -0.4 is 0 Å². The number of aromatic nitrogens is 1. The Morgan fingerprint density at radius 2 is 2.10 bits per heavy atom. The molecule has 0 saturated heterocycles. The van der Waals surface area contributed by atoms with Gasteiger partial charge in [0.25, 0.3) is 0 Å². The minimum absolute atomic E-state index is 0.191. The fourth-order valence-electron chi connectivity index (χ4n) is 3.12. The van der Waals surface area contributed by atoms with Gasteiger partial charge in [-0.1, -0.05) is 19.1 Å². The van der Waals surface area contributed by atoms with Crippen molar-refractivity contribution in [2.75, 3.05) is 7.11 Å². The molecule has 1 heterocycles. The molecule has 0 unspecified atom stereocenters. The molecule has 0 amide bonds. The van der Waals surface area contributed by atoms with E-state index in [-0.39, 0.29) is 5.78 Å². The van der Waals surface area contributed by atoms with Gasteiger partial charge in [0.15, 0.2) is 5.78 Å². The molecule has 0 bridgehead atoms. The van der Waals surface area contributed by atoms with Crippen LogP contribution in [-0.4, -0.2) is 23.5 Å². The largest absolute Gasteiger partial charge is 0.370 e. The van der Waals surface area contributed by atoms with Gasteiger partial charge in [-0.15, -0.1) is 11.3 Å². The maximum Gasteiger partial charge on any atom is 0.171 e. The quantitative estimate of drug-likeness (QED) is 0.857. The number of nitrogens with zero attached hydrogens (tertiary/aromatic N) is 1. The SMILES string of the molecule is COC1(C(=O)Cc2nc3ccccc3s2)CCC(C)CC1. The summed E-state index contributed by atoms with van der Waals surface area (Å²) in [6, 6.07) is 8.03. The Labute approximate surface area is 129 Å². The van der Waals surface area contributed by atoms with Crippen LogP contribution >= 0.6 is 11.3 Å². The molecule has 1 aromatic carbocycles. The van der Waals surface area contributed by atoms with E-state index in [1.807, 2.05) is 18.2 Å². The second kappa shape index (κ2) is 5.85. The van der Waals surface area contributed by atoms with Crippen molar-refractivity contribution in [3.63, 3.8) is 0 Å². The third-order valence-electron chi connectivity index (χ3n) is 4.63. The molecule has 0 radical (unpaired) electrons. The molecule has 1 aliphatic carbocycles. The summed E-state index contributed by atoms with van der Waals surface area (Å²) in [5.41, 5.74) is 0.402. The average molecular weight is 303 g/mol. The maximum atomic E-state index is 12.7.